The second-order valence-corrected chi connectivity index (χ2v) is 4.33. The third kappa shape index (κ3) is 3.56. The van der Waals surface area contributed by atoms with E-state index >= 15 is 0 Å². The molecule has 0 radical (unpaired) electrons. The summed E-state index contributed by atoms with van der Waals surface area (Å²) in [5, 5.41) is 9.10. The van der Waals surface area contributed by atoms with Gasteiger partial charge in [0.15, 0.2) is 0 Å². The number of hydrogen-bond donors (Lipinski definition) is 1. The fourth-order valence-electron chi connectivity index (χ4n) is 2.10. The molecule has 0 aromatic carbocycles. The molecule has 0 saturated carbocycles. The van der Waals surface area contributed by atoms with E-state index in [1.54, 1.807) is 0 Å². The largest absolute Gasteiger partial charge is 0.480 e. The van der Waals surface area contributed by atoms with Gasteiger partial charge in [-0.1, -0.05) is 6.92 Å². The van der Waals surface area contributed by atoms with E-state index < -0.39 is 5.97 Å². The van der Waals surface area contributed by atoms with Gasteiger partial charge in [-0.15, -0.1) is 12.3 Å². The number of hydrogen-bond acceptors (Lipinski definition) is 2. The number of nitrogens with zero attached hydrogens (tertiary/aromatic N) is 1. The second-order valence-electron chi connectivity index (χ2n) is 4.33. The Morgan fingerprint density at radius 3 is 3.00 bits per heavy atom. The van der Waals surface area contributed by atoms with Gasteiger partial charge in [0, 0.05) is 6.42 Å². The third-order valence-corrected chi connectivity index (χ3v) is 3.03. The highest BCUT2D eigenvalue weighted by atomic mass is 16.4. The van der Waals surface area contributed by atoms with Gasteiger partial charge < -0.3 is 5.11 Å². The first-order chi connectivity index (χ1) is 7.15. The highest BCUT2D eigenvalue weighted by molar-refractivity contribution is 5.73. The average molecular weight is 209 g/mol. The summed E-state index contributed by atoms with van der Waals surface area (Å²) in [6, 6.07) is -0.300. The Bertz CT molecular complexity index is 257. The van der Waals surface area contributed by atoms with E-state index in [0.717, 1.165) is 38.8 Å². The van der Waals surface area contributed by atoms with Crippen molar-refractivity contribution in [1.29, 1.82) is 0 Å². The molecule has 3 heteroatoms. The van der Waals surface area contributed by atoms with Gasteiger partial charge >= 0.3 is 5.97 Å². The minimum atomic E-state index is -0.692. The van der Waals surface area contributed by atoms with Crippen molar-refractivity contribution in [3.63, 3.8) is 0 Å². The quantitative estimate of drug-likeness (QED) is 0.564. The molecule has 1 heterocycles. The van der Waals surface area contributed by atoms with E-state index in [2.05, 4.69) is 17.7 Å². The Balaban J connectivity index is 2.46. The molecule has 1 N–H and O–H groups in total. The van der Waals surface area contributed by atoms with Crippen LogP contribution in [0.2, 0.25) is 0 Å². The number of piperidine rings is 1. The van der Waals surface area contributed by atoms with Crippen LogP contribution in [0.25, 0.3) is 0 Å². The number of carboxylic acid groups (broad SMARTS) is 1. The molecule has 0 spiro atoms. The maximum absolute atomic E-state index is 11.1. The van der Waals surface area contributed by atoms with Gasteiger partial charge in [-0.3, -0.25) is 9.69 Å². The Kier molecular flexibility index (Phi) is 4.64. The molecular formula is C12H19NO2. The van der Waals surface area contributed by atoms with Crippen molar-refractivity contribution in [1.82, 2.24) is 4.90 Å². The highest BCUT2D eigenvalue weighted by Gasteiger charge is 2.30. The molecule has 1 aliphatic heterocycles. The summed E-state index contributed by atoms with van der Waals surface area (Å²) >= 11 is 0. The van der Waals surface area contributed by atoms with E-state index in [4.69, 9.17) is 11.5 Å². The first kappa shape index (κ1) is 12.1. The molecule has 0 amide bonds. The summed E-state index contributed by atoms with van der Waals surface area (Å²) in [4.78, 5) is 13.1. The molecule has 2 unspecified atom stereocenters. The summed E-state index contributed by atoms with van der Waals surface area (Å²) < 4.78 is 0. The van der Waals surface area contributed by atoms with Crippen molar-refractivity contribution >= 4 is 5.97 Å². The third-order valence-electron chi connectivity index (χ3n) is 3.03. The molecule has 0 aliphatic carbocycles. The van der Waals surface area contributed by atoms with E-state index in [-0.39, 0.29) is 6.04 Å². The molecule has 1 aliphatic rings. The summed E-state index contributed by atoms with van der Waals surface area (Å²) in [5.74, 6) is 2.42. The number of likely N-dealkylation sites (tertiary alicyclic amines) is 1. The molecule has 0 aromatic heterocycles. The Hall–Kier alpha value is -1.01. The maximum atomic E-state index is 11.1. The van der Waals surface area contributed by atoms with Crippen molar-refractivity contribution in [2.24, 2.45) is 5.92 Å². The standard InChI is InChI=1S/C12H19NO2/c1-3-4-5-7-13-8-6-10(2)9-11(13)12(14)15/h1,10-11H,4-9H2,2H3,(H,14,15). The van der Waals surface area contributed by atoms with E-state index in [0.29, 0.717) is 5.92 Å². The predicted molar refractivity (Wildman–Crippen MR) is 59.5 cm³/mol. The minimum Gasteiger partial charge on any atom is -0.480 e. The van der Waals surface area contributed by atoms with Crippen molar-refractivity contribution in [2.45, 2.75) is 38.6 Å². The number of carboxylic acids is 1. The van der Waals surface area contributed by atoms with Gasteiger partial charge in [0.05, 0.1) is 0 Å². The lowest BCUT2D eigenvalue weighted by Gasteiger charge is -2.35. The van der Waals surface area contributed by atoms with Gasteiger partial charge in [-0.25, -0.2) is 0 Å². The first-order valence-electron chi connectivity index (χ1n) is 5.55. The SMILES string of the molecule is C#CCCCN1CCC(C)CC1C(=O)O. The molecule has 0 bridgehead atoms. The Morgan fingerprint density at radius 1 is 1.67 bits per heavy atom. The molecule has 1 saturated heterocycles. The zero-order chi connectivity index (χ0) is 11.3. The van der Waals surface area contributed by atoms with Crippen LogP contribution in [0, 0.1) is 18.3 Å². The van der Waals surface area contributed by atoms with Crippen LogP contribution in [-0.2, 0) is 4.79 Å². The fraction of sp³-hybridized carbons (Fsp3) is 0.750. The van der Waals surface area contributed by atoms with Crippen LogP contribution < -0.4 is 0 Å². The summed E-state index contributed by atoms with van der Waals surface area (Å²) in [6.07, 6.45) is 8.67. The van der Waals surface area contributed by atoms with Gasteiger partial charge in [0.25, 0.3) is 0 Å². The smallest absolute Gasteiger partial charge is 0.320 e. The monoisotopic (exact) mass is 209 g/mol. The lowest BCUT2D eigenvalue weighted by Crippen LogP contribution is -2.47. The summed E-state index contributed by atoms with van der Waals surface area (Å²) in [7, 11) is 0. The minimum absolute atomic E-state index is 0.300. The fourth-order valence-corrected chi connectivity index (χ4v) is 2.10. The molecule has 0 aromatic rings. The lowest BCUT2D eigenvalue weighted by molar-refractivity contribution is -0.145. The van der Waals surface area contributed by atoms with Crippen molar-refractivity contribution < 1.29 is 9.90 Å². The zero-order valence-corrected chi connectivity index (χ0v) is 9.28. The zero-order valence-electron chi connectivity index (χ0n) is 9.28. The van der Waals surface area contributed by atoms with Crippen LogP contribution in [0.3, 0.4) is 0 Å². The van der Waals surface area contributed by atoms with Crippen LogP contribution in [0.15, 0.2) is 0 Å². The van der Waals surface area contributed by atoms with E-state index in [1.165, 1.54) is 0 Å². The van der Waals surface area contributed by atoms with Crippen LogP contribution in [0.1, 0.15) is 32.6 Å². The van der Waals surface area contributed by atoms with Crippen LogP contribution >= 0.6 is 0 Å². The molecular weight excluding hydrogens is 190 g/mol. The van der Waals surface area contributed by atoms with E-state index in [9.17, 15) is 4.79 Å². The summed E-state index contributed by atoms with van der Waals surface area (Å²) in [5.41, 5.74) is 0. The Labute approximate surface area is 91.5 Å². The molecule has 1 fully saturated rings. The average Bonchev–Trinajstić information content (AvgIpc) is 2.20. The second kappa shape index (κ2) is 5.77. The molecule has 2 atom stereocenters. The van der Waals surface area contributed by atoms with Crippen molar-refractivity contribution in [3.8, 4) is 12.3 Å². The van der Waals surface area contributed by atoms with Crippen molar-refractivity contribution in [2.75, 3.05) is 13.1 Å². The Morgan fingerprint density at radius 2 is 2.40 bits per heavy atom. The normalized spacial score (nSPS) is 27.2. The topological polar surface area (TPSA) is 40.5 Å². The van der Waals surface area contributed by atoms with E-state index in [1.807, 2.05) is 0 Å². The molecule has 15 heavy (non-hydrogen) atoms. The van der Waals surface area contributed by atoms with Crippen LogP contribution in [-0.4, -0.2) is 35.1 Å². The summed E-state index contributed by atoms with van der Waals surface area (Å²) in [6.45, 7) is 3.82. The lowest BCUT2D eigenvalue weighted by atomic mass is 9.92. The number of aliphatic carboxylic acids is 1. The molecule has 3 nitrogen and oxygen atoms in total. The predicted octanol–water partition coefficient (Wildman–Crippen LogP) is 1.58. The maximum Gasteiger partial charge on any atom is 0.320 e. The highest BCUT2D eigenvalue weighted by Crippen LogP contribution is 2.22. The van der Waals surface area contributed by atoms with Gasteiger partial charge in [-0.05, 0) is 38.3 Å². The molecule has 1 rings (SSSR count). The first-order valence-corrected chi connectivity index (χ1v) is 5.55. The number of rotatable bonds is 4. The molecule has 84 valence electrons. The van der Waals surface area contributed by atoms with Crippen LogP contribution in [0.5, 0.6) is 0 Å². The number of carbonyl (C=O) groups is 1. The van der Waals surface area contributed by atoms with Crippen molar-refractivity contribution in [3.05, 3.63) is 0 Å². The van der Waals surface area contributed by atoms with Gasteiger partial charge in [0.2, 0.25) is 0 Å². The number of terminal acetylenes is 1. The van der Waals surface area contributed by atoms with Gasteiger partial charge in [-0.2, -0.15) is 0 Å². The van der Waals surface area contributed by atoms with Crippen LogP contribution in [0.4, 0.5) is 0 Å². The van der Waals surface area contributed by atoms with Gasteiger partial charge in [0.1, 0.15) is 6.04 Å². The number of unbranched alkanes of at least 4 members (excludes halogenated alkanes) is 1.